The van der Waals surface area contributed by atoms with Crippen LogP contribution in [0.1, 0.15) is 6.42 Å². The molecule has 1 aromatic carbocycles. The fourth-order valence-corrected chi connectivity index (χ4v) is 2.18. The van der Waals surface area contributed by atoms with E-state index < -0.39 is 28.1 Å². The first-order chi connectivity index (χ1) is 8.54. The third kappa shape index (κ3) is 4.97. The Bertz CT molecular complexity index is 521. The topological polar surface area (TPSA) is 81.6 Å². The van der Waals surface area contributed by atoms with Crippen LogP contribution in [0.5, 0.6) is 0 Å². The fraction of sp³-hybridized carbons (Fsp3) is 0.182. The standard InChI is InChI=1S/C11H9FN2O3S.K/c12-6-1-3-7(4-2-6)13-9(15)5-8-10(16)14-11(17)18-8;/h1-4,8H,5H2,(H,13,15)(H,14,16,17);/q;+1/p-1. The van der Waals surface area contributed by atoms with Crippen molar-refractivity contribution in [1.29, 1.82) is 0 Å². The van der Waals surface area contributed by atoms with E-state index in [1.165, 1.54) is 24.3 Å². The molecule has 0 aliphatic carbocycles. The first kappa shape index (κ1) is 16.8. The number of halogens is 1. The van der Waals surface area contributed by atoms with Gasteiger partial charge in [0.2, 0.25) is 5.91 Å². The van der Waals surface area contributed by atoms with E-state index in [9.17, 15) is 19.1 Å². The molecule has 1 heterocycles. The van der Waals surface area contributed by atoms with Gasteiger partial charge in [-0.15, -0.1) is 11.8 Å². The summed E-state index contributed by atoms with van der Waals surface area (Å²) in [5, 5.41) is 12.0. The maximum Gasteiger partial charge on any atom is 1.00 e. The Morgan fingerprint density at radius 2 is 2.05 bits per heavy atom. The zero-order valence-electron chi connectivity index (χ0n) is 10.1. The minimum atomic E-state index is -0.752. The average Bonchev–Trinajstić information content (AvgIpc) is 2.61. The third-order valence-corrected chi connectivity index (χ3v) is 3.16. The van der Waals surface area contributed by atoms with Gasteiger partial charge in [0, 0.05) is 17.3 Å². The molecule has 1 unspecified atom stereocenters. The van der Waals surface area contributed by atoms with Crippen LogP contribution in [0.4, 0.5) is 10.1 Å². The number of nitrogens with zero attached hydrogens (tertiary/aromatic N) is 1. The summed E-state index contributed by atoms with van der Waals surface area (Å²) in [7, 11) is 0. The molecule has 94 valence electrons. The number of aliphatic imine (C=N–C) groups is 1. The molecule has 2 rings (SSSR count). The van der Waals surface area contributed by atoms with Gasteiger partial charge in [0.15, 0.2) is 0 Å². The Morgan fingerprint density at radius 3 is 2.58 bits per heavy atom. The van der Waals surface area contributed by atoms with Gasteiger partial charge in [0.1, 0.15) is 5.82 Å². The summed E-state index contributed by atoms with van der Waals surface area (Å²) < 4.78 is 12.6. The summed E-state index contributed by atoms with van der Waals surface area (Å²) >= 11 is 0.739. The van der Waals surface area contributed by atoms with Gasteiger partial charge in [-0.2, -0.15) is 0 Å². The third-order valence-electron chi connectivity index (χ3n) is 2.22. The fourth-order valence-electron chi connectivity index (χ4n) is 1.40. The number of carbonyl (C=O) groups is 2. The van der Waals surface area contributed by atoms with Crippen LogP contribution in [0.3, 0.4) is 0 Å². The molecule has 0 saturated heterocycles. The second kappa shape index (κ2) is 7.51. The summed E-state index contributed by atoms with van der Waals surface area (Å²) in [5.74, 6) is -1.41. The Kier molecular flexibility index (Phi) is 6.64. The maximum atomic E-state index is 12.6. The van der Waals surface area contributed by atoms with E-state index in [0.717, 1.165) is 11.8 Å². The van der Waals surface area contributed by atoms with Gasteiger partial charge in [-0.1, -0.05) is 0 Å². The first-order valence-electron chi connectivity index (χ1n) is 5.06. The van der Waals surface area contributed by atoms with Gasteiger partial charge < -0.3 is 10.4 Å². The quantitative estimate of drug-likeness (QED) is 0.627. The monoisotopic (exact) mass is 306 g/mol. The molecule has 0 radical (unpaired) electrons. The molecule has 0 saturated carbocycles. The van der Waals surface area contributed by atoms with Gasteiger partial charge >= 0.3 is 51.4 Å². The zero-order chi connectivity index (χ0) is 13.1. The van der Waals surface area contributed by atoms with Crippen LogP contribution >= 0.6 is 11.8 Å². The summed E-state index contributed by atoms with van der Waals surface area (Å²) in [4.78, 5) is 26.0. The van der Waals surface area contributed by atoms with Gasteiger partial charge in [-0.05, 0) is 24.3 Å². The molecule has 0 aromatic heterocycles. The predicted molar refractivity (Wildman–Crippen MR) is 63.5 cm³/mol. The number of anilines is 1. The van der Waals surface area contributed by atoms with E-state index in [1.54, 1.807) is 0 Å². The smallest absolute Gasteiger partial charge is 0.854 e. The van der Waals surface area contributed by atoms with Crippen LogP contribution in [0.25, 0.3) is 0 Å². The summed E-state index contributed by atoms with van der Waals surface area (Å²) in [6.07, 6.45) is -0.129. The van der Waals surface area contributed by atoms with Crippen LogP contribution < -0.4 is 61.8 Å². The zero-order valence-corrected chi connectivity index (χ0v) is 14.0. The van der Waals surface area contributed by atoms with Crippen LogP contribution in [-0.2, 0) is 9.59 Å². The van der Waals surface area contributed by atoms with Crippen molar-refractivity contribution < 1.29 is 70.5 Å². The molecule has 1 aromatic rings. The average molecular weight is 306 g/mol. The van der Waals surface area contributed by atoms with Gasteiger partial charge in [0.25, 0.3) is 5.91 Å². The van der Waals surface area contributed by atoms with Crippen LogP contribution in [-0.4, -0.2) is 22.3 Å². The van der Waals surface area contributed by atoms with Gasteiger partial charge in [-0.3, -0.25) is 9.59 Å². The Labute approximate surface area is 155 Å². The van der Waals surface area contributed by atoms with E-state index in [2.05, 4.69) is 10.3 Å². The molecular formula is C11H8FKN2O3S. The van der Waals surface area contributed by atoms with Crippen LogP contribution in [0.15, 0.2) is 29.3 Å². The number of benzene rings is 1. The second-order valence-corrected chi connectivity index (χ2v) is 4.74. The minimum absolute atomic E-state index is 0. The van der Waals surface area contributed by atoms with E-state index >= 15 is 0 Å². The van der Waals surface area contributed by atoms with Crippen molar-refractivity contribution in [3.63, 3.8) is 0 Å². The largest absolute Gasteiger partial charge is 1.00 e. The molecular weight excluding hydrogens is 298 g/mol. The number of nitrogens with one attached hydrogen (secondary N) is 1. The Morgan fingerprint density at radius 1 is 1.42 bits per heavy atom. The van der Waals surface area contributed by atoms with Crippen molar-refractivity contribution >= 4 is 34.5 Å². The van der Waals surface area contributed by atoms with E-state index in [0.29, 0.717) is 5.69 Å². The molecule has 1 atom stereocenters. The number of carbonyl (C=O) groups excluding carboxylic acids is 2. The van der Waals surface area contributed by atoms with Crippen LogP contribution in [0, 0.1) is 5.82 Å². The van der Waals surface area contributed by atoms with Crippen molar-refractivity contribution in [3.8, 4) is 0 Å². The molecule has 8 heteroatoms. The number of amides is 2. The van der Waals surface area contributed by atoms with Crippen molar-refractivity contribution in [2.24, 2.45) is 4.99 Å². The molecule has 0 spiro atoms. The van der Waals surface area contributed by atoms with Gasteiger partial charge in [0.05, 0.1) is 5.25 Å². The maximum absolute atomic E-state index is 12.6. The van der Waals surface area contributed by atoms with Crippen molar-refractivity contribution in [3.05, 3.63) is 30.1 Å². The van der Waals surface area contributed by atoms with Crippen LogP contribution in [0.2, 0.25) is 0 Å². The van der Waals surface area contributed by atoms with Gasteiger partial charge in [-0.25, -0.2) is 9.38 Å². The summed E-state index contributed by atoms with van der Waals surface area (Å²) in [6.45, 7) is 0. The molecule has 19 heavy (non-hydrogen) atoms. The van der Waals surface area contributed by atoms with E-state index in [1.807, 2.05) is 0 Å². The molecule has 5 nitrogen and oxygen atoms in total. The molecule has 1 N–H and O–H groups in total. The number of hydrogen-bond donors (Lipinski definition) is 1. The number of rotatable bonds is 3. The summed E-state index contributed by atoms with van der Waals surface area (Å²) in [5.41, 5.74) is 0.431. The molecule has 0 bridgehead atoms. The van der Waals surface area contributed by atoms with Crippen molar-refractivity contribution in [2.75, 3.05) is 5.32 Å². The SMILES string of the molecule is O=C(CC1SC([O-])=NC1=O)Nc1ccc(F)cc1.[K+]. The Balaban J connectivity index is 0.00000180. The normalized spacial score (nSPS) is 17.6. The minimum Gasteiger partial charge on any atom is -0.854 e. The molecule has 0 fully saturated rings. The molecule has 2 amide bonds. The Hall–Kier alpha value is -0.254. The first-order valence-corrected chi connectivity index (χ1v) is 5.94. The van der Waals surface area contributed by atoms with Crippen molar-refractivity contribution in [1.82, 2.24) is 0 Å². The molecule has 1 aliphatic rings. The number of thioether (sulfide) groups is 1. The predicted octanol–water partition coefficient (Wildman–Crippen LogP) is -2.48. The van der Waals surface area contributed by atoms with Crippen molar-refractivity contribution in [2.45, 2.75) is 11.7 Å². The van der Waals surface area contributed by atoms with E-state index in [-0.39, 0.29) is 57.8 Å². The van der Waals surface area contributed by atoms with E-state index in [4.69, 9.17) is 0 Å². The second-order valence-electron chi connectivity index (χ2n) is 3.58. The summed E-state index contributed by atoms with van der Waals surface area (Å²) in [6, 6.07) is 5.24. The number of hydrogen-bond acceptors (Lipinski definition) is 4. The molecule has 1 aliphatic heterocycles.